The maximum absolute atomic E-state index is 12.9. The van der Waals surface area contributed by atoms with Gasteiger partial charge in [-0.1, -0.05) is 239 Å². The van der Waals surface area contributed by atoms with Crippen LogP contribution in [0, 0.1) is 0 Å². The second-order valence-corrected chi connectivity index (χ2v) is 19.2. The van der Waals surface area contributed by atoms with Gasteiger partial charge in [0.05, 0.1) is 0 Å². The fraction of sp³-hybridized carbons (Fsp3) is 0.677. The number of unbranched alkanes of at least 4 members (excludes halogenated alkanes) is 25. The first kappa shape index (κ1) is 67.1. The Bertz CT molecular complexity index is 1460. The highest BCUT2D eigenvalue weighted by atomic mass is 16.6. The van der Waals surface area contributed by atoms with Gasteiger partial charge in [0.25, 0.3) is 0 Å². The largest absolute Gasteiger partial charge is 0.462 e. The van der Waals surface area contributed by atoms with E-state index < -0.39 is 6.10 Å². The first-order valence-corrected chi connectivity index (χ1v) is 29.4. The number of hydrogen-bond acceptors (Lipinski definition) is 6. The Morgan fingerprint density at radius 3 is 1.00 bits per heavy atom. The molecule has 0 spiro atoms. The van der Waals surface area contributed by atoms with E-state index in [2.05, 4.69) is 130 Å². The minimum absolute atomic E-state index is 0.103. The van der Waals surface area contributed by atoms with Crippen molar-refractivity contribution in [1.82, 2.24) is 0 Å². The second kappa shape index (κ2) is 58.6. The van der Waals surface area contributed by atoms with E-state index >= 15 is 0 Å². The van der Waals surface area contributed by atoms with Crippen LogP contribution < -0.4 is 0 Å². The quantitative estimate of drug-likeness (QED) is 0.0199. The van der Waals surface area contributed by atoms with Crippen molar-refractivity contribution in [1.29, 1.82) is 0 Å². The maximum atomic E-state index is 12.9. The Hall–Kier alpha value is -3.93. The number of hydrogen-bond donors (Lipinski definition) is 0. The highest BCUT2D eigenvalue weighted by Gasteiger charge is 2.19. The van der Waals surface area contributed by atoms with Crippen molar-refractivity contribution < 1.29 is 28.6 Å². The van der Waals surface area contributed by atoms with Gasteiger partial charge in [-0.25, -0.2) is 0 Å². The van der Waals surface area contributed by atoms with E-state index in [0.29, 0.717) is 19.3 Å². The number of rotatable bonds is 52. The molecule has 0 amide bonds. The Morgan fingerprint density at radius 2 is 0.606 bits per heavy atom. The van der Waals surface area contributed by atoms with Crippen molar-refractivity contribution in [2.24, 2.45) is 0 Å². The lowest BCUT2D eigenvalue weighted by Gasteiger charge is -2.18. The average molecular weight is 986 g/mol. The standard InChI is InChI=1S/C65H108O6/c1-4-7-10-13-16-19-22-25-28-31-33-35-37-40-43-46-49-52-55-58-64(67)70-61-62(60-69-63(66)57-54-51-48-45-42-39-36-30-27-24-21-18-15-12-9-6-3)71-65(68)59-56-53-50-47-44-41-38-34-32-29-26-23-20-17-14-11-8-5-2/h7,10,16,19,23,25-26,28-30,32-36,38,40,43,62H,4-6,8-9,11-15,17-18,20-22,24,27,31,37,39,41-42,44-61H2,1-3H3/b10-7-,19-16-,26-23-,28-25-,32-29-,35-33-,36-30-,38-34-,43-40-. The fourth-order valence-corrected chi connectivity index (χ4v) is 7.88. The summed E-state index contributed by atoms with van der Waals surface area (Å²) in [6.07, 6.45) is 79.3. The Balaban J connectivity index is 4.52. The van der Waals surface area contributed by atoms with Gasteiger partial charge in [0.15, 0.2) is 6.10 Å². The van der Waals surface area contributed by atoms with Gasteiger partial charge in [0.1, 0.15) is 13.2 Å². The molecule has 0 fully saturated rings. The third-order valence-corrected chi connectivity index (χ3v) is 12.3. The molecule has 0 aromatic carbocycles. The van der Waals surface area contributed by atoms with Crippen LogP contribution in [0.5, 0.6) is 0 Å². The van der Waals surface area contributed by atoms with Gasteiger partial charge in [0, 0.05) is 19.3 Å². The number of allylic oxidation sites excluding steroid dienone is 18. The molecular weight excluding hydrogens is 877 g/mol. The van der Waals surface area contributed by atoms with Gasteiger partial charge in [-0.05, 0) is 116 Å². The molecule has 6 heteroatoms. The molecule has 0 N–H and O–H groups in total. The summed E-state index contributed by atoms with van der Waals surface area (Å²) in [5, 5.41) is 0. The van der Waals surface area contributed by atoms with E-state index in [1.165, 1.54) is 89.9 Å². The average Bonchev–Trinajstić information content (AvgIpc) is 3.37. The van der Waals surface area contributed by atoms with Gasteiger partial charge in [-0.2, -0.15) is 0 Å². The van der Waals surface area contributed by atoms with Crippen LogP contribution >= 0.6 is 0 Å². The summed E-state index contributed by atoms with van der Waals surface area (Å²) in [5.41, 5.74) is 0. The first-order valence-electron chi connectivity index (χ1n) is 29.4. The van der Waals surface area contributed by atoms with Gasteiger partial charge in [0.2, 0.25) is 0 Å². The summed E-state index contributed by atoms with van der Waals surface area (Å²) in [4.78, 5) is 38.2. The zero-order valence-corrected chi connectivity index (χ0v) is 46.2. The Morgan fingerprint density at radius 1 is 0.310 bits per heavy atom. The molecule has 0 radical (unpaired) electrons. The summed E-state index contributed by atoms with van der Waals surface area (Å²) in [6.45, 7) is 6.46. The molecule has 0 saturated heterocycles. The first-order chi connectivity index (χ1) is 35.0. The summed E-state index contributed by atoms with van der Waals surface area (Å²) in [6, 6.07) is 0. The molecule has 1 unspecified atom stereocenters. The fourth-order valence-electron chi connectivity index (χ4n) is 7.88. The van der Waals surface area contributed by atoms with E-state index in [1.807, 2.05) is 0 Å². The van der Waals surface area contributed by atoms with Gasteiger partial charge in [-0.15, -0.1) is 0 Å². The normalized spacial score (nSPS) is 12.9. The molecule has 0 aromatic heterocycles. The minimum Gasteiger partial charge on any atom is -0.462 e. The highest BCUT2D eigenvalue weighted by molar-refractivity contribution is 5.71. The van der Waals surface area contributed by atoms with Gasteiger partial charge in [-0.3, -0.25) is 14.4 Å². The molecule has 0 rings (SSSR count). The van der Waals surface area contributed by atoms with Crippen LogP contribution in [-0.2, 0) is 28.6 Å². The van der Waals surface area contributed by atoms with Crippen LogP contribution in [0.4, 0.5) is 0 Å². The van der Waals surface area contributed by atoms with Crippen LogP contribution in [0.1, 0.15) is 265 Å². The predicted octanol–water partition coefficient (Wildman–Crippen LogP) is 19.9. The van der Waals surface area contributed by atoms with Crippen molar-refractivity contribution in [2.45, 2.75) is 271 Å². The molecule has 1 atom stereocenters. The van der Waals surface area contributed by atoms with E-state index in [1.54, 1.807) is 0 Å². The monoisotopic (exact) mass is 985 g/mol. The third-order valence-electron chi connectivity index (χ3n) is 12.3. The maximum Gasteiger partial charge on any atom is 0.306 e. The second-order valence-electron chi connectivity index (χ2n) is 19.2. The van der Waals surface area contributed by atoms with Crippen LogP contribution in [0.3, 0.4) is 0 Å². The number of esters is 3. The number of carbonyl (C=O) groups excluding carboxylic acids is 3. The molecule has 0 heterocycles. The molecule has 0 saturated carbocycles. The van der Waals surface area contributed by atoms with Crippen molar-refractivity contribution in [3.8, 4) is 0 Å². The van der Waals surface area contributed by atoms with Crippen molar-refractivity contribution >= 4 is 17.9 Å². The molecule has 71 heavy (non-hydrogen) atoms. The highest BCUT2D eigenvalue weighted by Crippen LogP contribution is 2.14. The van der Waals surface area contributed by atoms with Gasteiger partial charge >= 0.3 is 17.9 Å². The smallest absolute Gasteiger partial charge is 0.306 e. The van der Waals surface area contributed by atoms with E-state index in [9.17, 15) is 14.4 Å². The van der Waals surface area contributed by atoms with Crippen LogP contribution in [0.2, 0.25) is 0 Å². The summed E-state index contributed by atoms with van der Waals surface area (Å²) < 4.78 is 16.8. The SMILES string of the molecule is CC/C=C\C/C=C\C/C=C\C/C=C\C/C=C\CCCCCC(=O)OCC(COC(=O)CCCCCCC/C=C\CCCCCCCCC)OC(=O)CCCCCCC\C=C/C=C\C=C/CCCCCCC. The van der Waals surface area contributed by atoms with E-state index in [-0.39, 0.29) is 31.1 Å². The Kier molecular flexibility index (Phi) is 55.4. The number of carbonyl (C=O) groups is 3. The lowest BCUT2D eigenvalue weighted by Crippen LogP contribution is -2.30. The lowest BCUT2D eigenvalue weighted by molar-refractivity contribution is -0.167. The van der Waals surface area contributed by atoms with E-state index in [4.69, 9.17) is 14.2 Å². The molecule has 0 aliphatic carbocycles. The third kappa shape index (κ3) is 56.9. The summed E-state index contributed by atoms with van der Waals surface area (Å²) in [5.74, 6) is -0.962. The summed E-state index contributed by atoms with van der Waals surface area (Å²) >= 11 is 0. The zero-order valence-electron chi connectivity index (χ0n) is 46.2. The molecule has 0 bridgehead atoms. The minimum atomic E-state index is -0.809. The van der Waals surface area contributed by atoms with Crippen molar-refractivity contribution in [3.63, 3.8) is 0 Å². The van der Waals surface area contributed by atoms with Crippen LogP contribution in [0.25, 0.3) is 0 Å². The molecule has 0 aliphatic heterocycles. The van der Waals surface area contributed by atoms with E-state index in [0.717, 1.165) is 135 Å². The van der Waals surface area contributed by atoms with Crippen molar-refractivity contribution in [3.05, 3.63) is 109 Å². The van der Waals surface area contributed by atoms with Gasteiger partial charge < -0.3 is 14.2 Å². The topological polar surface area (TPSA) is 78.9 Å². The zero-order chi connectivity index (χ0) is 51.4. The lowest BCUT2D eigenvalue weighted by atomic mass is 10.1. The molecule has 404 valence electrons. The molecule has 0 aromatic rings. The Labute approximate surface area is 438 Å². The summed E-state index contributed by atoms with van der Waals surface area (Å²) in [7, 11) is 0. The molecular formula is C65H108O6. The molecule has 6 nitrogen and oxygen atoms in total. The van der Waals surface area contributed by atoms with Crippen LogP contribution in [-0.4, -0.2) is 37.2 Å². The predicted molar refractivity (Wildman–Crippen MR) is 307 cm³/mol. The molecule has 0 aliphatic rings. The van der Waals surface area contributed by atoms with Crippen LogP contribution in [0.15, 0.2) is 109 Å². The number of ether oxygens (including phenoxy) is 3. The van der Waals surface area contributed by atoms with Crippen molar-refractivity contribution in [2.75, 3.05) is 13.2 Å².